The molecule has 0 atom stereocenters. The Labute approximate surface area is 211 Å². The van der Waals surface area contributed by atoms with Crippen molar-refractivity contribution in [2.24, 2.45) is 5.10 Å². The number of halogens is 1. The van der Waals surface area contributed by atoms with Crippen LogP contribution in [-0.4, -0.2) is 24.7 Å². The summed E-state index contributed by atoms with van der Waals surface area (Å²) < 4.78 is 12.0. The summed E-state index contributed by atoms with van der Waals surface area (Å²) in [6, 6.07) is 25.8. The second-order valence-corrected chi connectivity index (χ2v) is 8.56. The summed E-state index contributed by atoms with van der Waals surface area (Å²) in [4.78, 5) is 24.9. The Hall–Kier alpha value is -3.97. The molecular weight excluding hydrogens is 508 g/mol. The maximum atomic E-state index is 12.5. The van der Waals surface area contributed by atoms with Crippen molar-refractivity contribution in [1.29, 1.82) is 0 Å². The molecule has 0 aliphatic carbocycles. The molecule has 0 bridgehead atoms. The predicted octanol–water partition coefficient (Wildman–Crippen LogP) is 5.91. The lowest BCUT2D eigenvalue weighted by atomic mass is 10.0. The molecule has 35 heavy (non-hydrogen) atoms. The number of hydrazone groups is 1. The fraction of sp³-hybridized carbons (Fsp3) is 0.107. The molecule has 0 fully saturated rings. The fourth-order valence-corrected chi connectivity index (χ4v) is 3.80. The Morgan fingerprint density at radius 3 is 2.51 bits per heavy atom. The van der Waals surface area contributed by atoms with Crippen molar-refractivity contribution in [3.63, 3.8) is 0 Å². The van der Waals surface area contributed by atoms with Gasteiger partial charge in [0.15, 0.2) is 11.5 Å². The third-order valence-corrected chi connectivity index (χ3v) is 5.71. The minimum absolute atomic E-state index is 0.216. The molecule has 0 saturated heterocycles. The molecule has 1 amide bonds. The summed E-state index contributed by atoms with van der Waals surface area (Å²) in [7, 11) is 0. The molecule has 4 aromatic rings. The molecule has 0 radical (unpaired) electrons. The molecule has 0 heterocycles. The van der Waals surface area contributed by atoms with Gasteiger partial charge in [0.05, 0.1) is 24.8 Å². The monoisotopic (exact) mass is 530 g/mol. The van der Waals surface area contributed by atoms with Crippen molar-refractivity contribution in [3.05, 3.63) is 106 Å². The SMILES string of the molecule is CCOc1cc(/C=N/NC(=O)Cc2cccc3ccccc23)ccc1OC(=O)c1ccc(Br)cc1. The lowest BCUT2D eigenvalue weighted by Crippen LogP contribution is -2.19. The van der Waals surface area contributed by atoms with Crippen LogP contribution in [0.1, 0.15) is 28.4 Å². The van der Waals surface area contributed by atoms with E-state index in [1.54, 1.807) is 42.5 Å². The number of rotatable bonds is 8. The lowest BCUT2D eigenvalue weighted by Gasteiger charge is -2.11. The lowest BCUT2D eigenvalue weighted by molar-refractivity contribution is -0.120. The number of carbonyl (C=O) groups excluding carboxylic acids is 2. The van der Waals surface area contributed by atoms with E-state index in [4.69, 9.17) is 9.47 Å². The number of esters is 1. The van der Waals surface area contributed by atoms with Gasteiger partial charge in [-0.25, -0.2) is 10.2 Å². The highest BCUT2D eigenvalue weighted by Gasteiger charge is 2.13. The highest BCUT2D eigenvalue weighted by atomic mass is 79.9. The number of hydrogen-bond donors (Lipinski definition) is 1. The number of carbonyl (C=O) groups is 2. The minimum Gasteiger partial charge on any atom is -0.490 e. The van der Waals surface area contributed by atoms with E-state index < -0.39 is 5.97 Å². The van der Waals surface area contributed by atoms with Gasteiger partial charge in [0, 0.05) is 4.47 Å². The van der Waals surface area contributed by atoms with Crippen molar-refractivity contribution >= 4 is 44.8 Å². The van der Waals surface area contributed by atoms with Crippen LogP contribution in [0.4, 0.5) is 0 Å². The summed E-state index contributed by atoms with van der Waals surface area (Å²) >= 11 is 3.35. The van der Waals surface area contributed by atoms with Crippen LogP contribution in [0.25, 0.3) is 10.8 Å². The Bertz CT molecular complexity index is 1380. The Balaban J connectivity index is 1.41. The molecule has 4 rings (SSSR count). The van der Waals surface area contributed by atoms with Crippen molar-refractivity contribution in [2.45, 2.75) is 13.3 Å². The third kappa shape index (κ3) is 6.33. The number of nitrogens with one attached hydrogen (secondary N) is 1. The maximum absolute atomic E-state index is 12.5. The quantitative estimate of drug-likeness (QED) is 0.133. The first-order valence-corrected chi connectivity index (χ1v) is 11.9. The molecule has 0 aliphatic heterocycles. The second kappa shape index (κ2) is 11.4. The predicted molar refractivity (Wildman–Crippen MR) is 140 cm³/mol. The van der Waals surface area contributed by atoms with Crippen LogP contribution >= 0.6 is 15.9 Å². The van der Waals surface area contributed by atoms with Crippen molar-refractivity contribution in [2.75, 3.05) is 6.61 Å². The molecule has 1 N–H and O–H groups in total. The van der Waals surface area contributed by atoms with E-state index in [1.807, 2.05) is 49.4 Å². The highest BCUT2D eigenvalue weighted by Crippen LogP contribution is 2.29. The average Bonchev–Trinajstić information content (AvgIpc) is 2.86. The van der Waals surface area contributed by atoms with E-state index in [2.05, 4.69) is 26.5 Å². The topological polar surface area (TPSA) is 77.0 Å². The number of ether oxygens (including phenoxy) is 2. The number of nitrogens with zero attached hydrogens (tertiary/aromatic N) is 1. The summed E-state index contributed by atoms with van der Waals surface area (Å²) in [6.07, 6.45) is 1.73. The van der Waals surface area contributed by atoms with Gasteiger partial charge in [-0.05, 0) is 71.3 Å². The largest absolute Gasteiger partial charge is 0.490 e. The summed E-state index contributed by atoms with van der Waals surface area (Å²) in [5.74, 6) is 0.00385. The van der Waals surface area contributed by atoms with E-state index in [-0.39, 0.29) is 12.3 Å². The second-order valence-electron chi connectivity index (χ2n) is 7.64. The molecular formula is C28H23BrN2O4. The van der Waals surface area contributed by atoms with Gasteiger partial charge < -0.3 is 9.47 Å². The molecule has 0 aromatic heterocycles. The van der Waals surface area contributed by atoms with Gasteiger partial charge in [-0.15, -0.1) is 0 Å². The average molecular weight is 531 g/mol. The number of fused-ring (bicyclic) bond motifs is 1. The number of benzene rings is 4. The van der Waals surface area contributed by atoms with Crippen LogP contribution in [0.5, 0.6) is 11.5 Å². The molecule has 0 unspecified atom stereocenters. The zero-order valence-corrected chi connectivity index (χ0v) is 20.6. The smallest absolute Gasteiger partial charge is 0.343 e. The molecule has 0 spiro atoms. The van der Waals surface area contributed by atoms with Gasteiger partial charge in [-0.2, -0.15) is 5.10 Å². The van der Waals surface area contributed by atoms with Crippen LogP contribution < -0.4 is 14.9 Å². The fourth-order valence-electron chi connectivity index (χ4n) is 3.54. The summed E-state index contributed by atoms with van der Waals surface area (Å²) in [5, 5.41) is 6.21. The minimum atomic E-state index is -0.486. The van der Waals surface area contributed by atoms with E-state index in [9.17, 15) is 9.59 Å². The van der Waals surface area contributed by atoms with E-state index in [0.717, 1.165) is 20.8 Å². The zero-order valence-electron chi connectivity index (χ0n) is 19.0. The first kappa shape index (κ1) is 24.2. The summed E-state index contributed by atoms with van der Waals surface area (Å²) in [6.45, 7) is 2.24. The van der Waals surface area contributed by atoms with E-state index >= 15 is 0 Å². The van der Waals surface area contributed by atoms with Crippen molar-refractivity contribution < 1.29 is 19.1 Å². The molecule has 4 aromatic carbocycles. The van der Waals surface area contributed by atoms with Gasteiger partial charge in [-0.1, -0.05) is 58.4 Å². The molecule has 0 saturated carbocycles. The third-order valence-electron chi connectivity index (χ3n) is 5.18. The van der Waals surface area contributed by atoms with Crippen molar-refractivity contribution in [1.82, 2.24) is 5.43 Å². The van der Waals surface area contributed by atoms with Gasteiger partial charge >= 0.3 is 5.97 Å². The normalized spacial score (nSPS) is 10.9. The summed E-state index contributed by atoms with van der Waals surface area (Å²) in [5.41, 5.74) is 4.61. The van der Waals surface area contributed by atoms with E-state index in [1.165, 1.54) is 6.21 Å². The molecule has 176 valence electrons. The van der Waals surface area contributed by atoms with Gasteiger partial charge in [0.25, 0.3) is 0 Å². The zero-order chi connectivity index (χ0) is 24.6. The Morgan fingerprint density at radius 1 is 0.943 bits per heavy atom. The van der Waals surface area contributed by atoms with Gasteiger partial charge in [0.2, 0.25) is 5.91 Å². The van der Waals surface area contributed by atoms with Crippen LogP contribution in [0.3, 0.4) is 0 Å². The maximum Gasteiger partial charge on any atom is 0.343 e. The van der Waals surface area contributed by atoms with Crippen LogP contribution in [0.2, 0.25) is 0 Å². The highest BCUT2D eigenvalue weighted by molar-refractivity contribution is 9.10. The van der Waals surface area contributed by atoms with Crippen LogP contribution in [0, 0.1) is 0 Å². The number of hydrogen-bond acceptors (Lipinski definition) is 5. The number of amides is 1. The first-order chi connectivity index (χ1) is 17.0. The van der Waals surface area contributed by atoms with Crippen LogP contribution in [0.15, 0.2) is 94.5 Å². The van der Waals surface area contributed by atoms with Gasteiger partial charge in [0.1, 0.15) is 0 Å². The first-order valence-electron chi connectivity index (χ1n) is 11.1. The molecule has 0 aliphatic rings. The van der Waals surface area contributed by atoms with Crippen LogP contribution in [-0.2, 0) is 11.2 Å². The Kier molecular flexibility index (Phi) is 7.90. The van der Waals surface area contributed by atoms with E-state index in [0.29, 0.717) is 29.2 Å². The Morgan fingerprint density at radius 2 is 1.71 bits per heavy atom. The van der Waals surface area contributed by atoms with Gasteiger partial charge in [-0.3, -0.25) is 4.79 Å². The molecule has 7 heteroatoms. The van der Waals surface area contributed by atoms with Crippen molar-refractivity contribution in [3.8, 4) is 11.5 Å². The standard InChI is InChI=1S/C28H23BrN2O4/c1-2-34-26-16-19(10-15-25(26)35-28(33)21-11-13-23(29)14-12-21)18-30-31-27(32)17-22-8-5-7-20-6-3-4-9-24(20)22/h3-16,18H,2,17H2,1H3,(H,31,32)/b30-18+. The molecule has 6 nitrogen and oxygen atoms in total.